The zero-order valence-electron chi connectivity index (χ0n) is 15.4. The maximum absolute atomic E-state index is 12.5. The van der Waals surface area contributed by atoms with Crippen molar-refractivity contribution in [2.75, 3.05) is 0 Å². The highest BCUT2D eigenvalue weighted by atomic mass is 16.1. The van der Waals surface area contributed by atoms with Gasteiger partial charge in [0.2, 0.25) is 5.91 Å². The van der Waals surface area contributed by atoms with Gasteiger partial charge in [-0.2, -0.15) is 0 Å². The molecule has 23 heavy (non-hydrogen) atoms. The van der Waals surface area contributed by atoms with E-state index >= 15 is 0 Å². The molecular weight excluding hydrogens is 282 g/mol. The molecule has 2 heteroatoms. The van der Waals surface area contributed by atoms with Crippen molar-refractivity contribution in [1.29, 1.82) is 0 Å². The molecule has 0 spiro atoms. The number of nitrogens with one attached hydrogen (secondary N) is 1. The van der Waals surface area contributed by atoms with E-state index < -0.39 is 0 Å². The van der Waals surface area contributed by atoms with Crippen molar-refractivity contribution in [3.63, 3.8) is 0 Å². The number of amides is 1. The third-order valence-electron chi connectivity index (χ3n) is 7.13. The zero-order chi connectivity index (χ0) is 16.7. The van der Waals surface area contributed by atoms with E-state index in [1.54, 1.807) is 0 Å². The molecule has 4 aliphatic carbocycles. The molecule has 0 saturated heterocycles. The van der Waals surface area contributed by atoms with Crippen molar-refractivity contribution in [3.8, 4) is 0 Å². The van der Waals surface area contributed by atoms with Gasteiger partial charge in [0.05, 0.1) is 0 Å². The molecule has 2 atom stereocenters. The fourth-order valence-electron chi connectivity index (χ4n) is 6.33. The molecule has 0 aliphatic heterocycles. The van der Waals surface area contributed by atoms with Crippen molar-refractivity contribution in [1.82, 2.24) is 5.32 Å². The van der Waals surface area contributed by atoms with Crippen molar-refractivity contribution < 1.29 is 4.79 Å². The Morgan fingerprint density at radius 1 is 1.13 bits per heavy atom. The van der Waals surface area contributed by atoms with Gasteiger partial charge in [0.15, 0.2) is 0 Å². The van der Waals surface area contributed by atoms with E-state index in [1.165, 1.54) is 64.2 Å². The summed E-state index contributed by atoms with van der Waals surface area (Å²) in [6.45, 7) is 10.5. The lowest BCUT2D eigenvalue weighted by molar-refractivity contribution is -0.139. The summed E-state index contributed by atoms with van der Waals surface area (Å²) in [5, 5.41) is 3.53. The van der Waals surface area contributed by atoms with Gasteiger partial charge in [-0.05, 0) is 68.6 Å². The summed E-state index contributed by atoms with van der Waals surface area (Å²) >= 11 is 0. The highest BCUT2D eigenvalue weighted by Crippen LogP contribution is 2.64. The summed E-state index contributed by atoms with van der Waals surface area (Å²) in [7, 11) is 0. The first kappa shape index (κ1) is 17.0. The van der Waals surface area contributed by atoms with Crippen molar-refractivity contribution >= 4 is 5.91 Å². The first-order chi connectivity index (χ1) is 10.9. The summed E-state index contributed by atoms with van der Waals surface area (Å²) in [4.78, 5) is 12.5. The second-order valence-electron chi connectivity index (χ2n) is 9.24. The Hall–Kier alpha value is -0.790. The lowest BCUT2D eigenvalue weighted by atomic mass is 9.43. The smallest absolute Gasteiger partial charge is 0.246 e. The largest absolute Gasteiger partial charge is 0.346 e. The van der Waals surface area contributed by atoms with Crippen LogP contribution in [-0.4, -0.2) is 11.4 Å². The molecule has 1 N–H and O–H groups in total. The van der Waals surface area contributed by atoms with Crippen LogP contribution in [0.4, 0.5) is 0 Å². The molecule has 0 radical (unpaired) electrons. The molecule has 2 unspecified atom stereocenters. The Kier molecular flexibility index (Phi) is 4.64. The number of hydrogen-bond donors (Lipinski definition) is 1. The van der Waals surface area contributed by atoms with Gasteiger partial charge in [0, 0.05) is 11.1 Å². The molecular formula is C21H35NO. The summed E-state index contributed by atoms with van der Waals surface area (Å²) in [6.07, 6.45) is 13.1. The minimum atomic E-state index is 0.0696. The Labute approximate surface area is 142 Å². The molecule has 0 heterocycles. The Balaban J connectivity index is 1.80. The summed E-state index contributed by atoms with van der Waals surface area (Å²) < 4.78 is 0. The van der Waals surface area contributed by atoms with Crippen LogP contribution in [0.2, 0.25) is 0 Å². The number of unbranched alkanes of at least 4 members (excludes halogenated alkanes) is 3. The van der Waals surface area contributed by atoms with Crippen LogP contribution in [0, 0.1) is 23.2 Å². The molecule has 4 aliphatic rings. The molecule has 4 fully saturated rings. The summed E-state index contributed by atoms with van der Waals surface area (Å²) in [5.74, 6) is 2.41. The van der Waals surface area contributed by atoms with Crippen LogP contribution >= 0.6 is 0 Å². The number of carbonyl (C=O) groups excluding carboxylic acids is 1. The minimum absolute atomic E-state index is 0.0696. The van der Waals surface area contributed by atoms with Gasteiger partial charge in [-0.3, -0.25) is 4.79 Å². The van der Waals surface area contributed by atoms with Crippen LogP contribution < -0.4 is 5.32 Å². The minimum Gasteiger partial charge on any atom is -0.346 e. The van der Waals surface area contributed by atoms with Crippen LogP contribution in [0.1, 0.15) is 85.0 Å². The first-order valence-corrected chi connectivity index (χ1v) is 9.86. The van der Waals surface area contributed by atoms with Crippen LogP contribution in [0.3, 0.4) is 0 Å². The van der Waals surface area contributed by atoms with Crippen molar-refractivity contribution in [2.45, 2.75) is 90.5 Å². The van der Waals surface area contributed by atoms with Crippen LogP contribution in [0.5, 0.6) is 0 Å². The molecule has 0 aromatic carbocycles. The van der Waals surface area contributed by atoms with Crippen molar-refractivity contribution in [2.24, 2.45) is 23.2 Å². The van der Waals surface area contributed by atoms with E-state index in [1.807, 2.05) is 6.92 Å². The van der Waals surface area contributed by atoms with Gasteiger partial charge in [-0.15, -0.1) is 0 Å². The number of hydrogen-bond acceptors (Lipinski definition) is 1. The molecule has 130 valence electrons. The second kappa shape index (κ2) is 6.26. The van der Waals surface area contributed by atoms with Crippen molar-refractivity contribution in [3.05, 3.63) is 12.2 Å². The van der Waals surface area contributed by atoms with E-state index in [-0.39, 0.29) is 11.4 Å². The van der Waals surface area contributed by atoms with Gasteiger partial charge in [0.1, 0.15) is 0 Å². The van der Waals surface area contributed by atoms with Crippen LogP contribution in [0.15, 0.2) is 12.2 Å². The van der Waals surface area contributed by atoms with E-state index in [9.17, 15) is 4.79 Å². The Morgan fingerprint density at radius 3 is 2.30 bits per heavy atom. The predicted octanol–water partition coefficient (Wildman–Crippen LogP) is 5.23. The third kappa shape index (κ3) is 3.10. The van der Waals surface area contributed by atoms with Crippen LogP contribution in [-0.2, 0) is 4.79 Å². The molecule has 1 amide bonds. The molecule has 2 nitrogen and oxygen atoms in total. The third-order valence-corrected chi connectivity index (χ3v) is 7.13. The lowest BCUT2D eigenvalue weighted by Gasteiger charge is -2.65. The molecule has 4 rings (SSSR count). The number of carbonyl (C=O) groups is 1. The fraction of sp³-hybridized carbons (Fsp3) is 0.857. The summed E-state index contributed by atoms with van der Waals surface area (Å²) in [5.41, 5.74) is 1.29. The lowest BCUT2D eigenvalue weighted by Crippen LogP contribution is -2.67. The van der Waals surface area contributed by atoms with E-state index in [2.05, 4.69) is 25.7 Å². The fourth-order valence-corrected chi connectivity index (χ4v) is 6.33. The standard InChI is InChI=1S/C21H35NO/c1-5-6-7-8-9-21(22-19(23)15(2)3)17-10-16-11-18(21)14-20(4,12-16)13-17/h16-18H,2,5-14H2,1,3-4H3,(H,22,23). The summed E-state index contributed by atoms with van der Waals surface area (Å²) in [6, 6.07) is 0. The maximum Gasteiger partial charge on any atom is 0.246 e. The zero-order valence-corrected chi connectivity index (χ0v) is 15.4. The molecule has 4 saturated carbocycles. The van der Waals surface area contributed by atoms with Crippen LogP contribution in [0.25, 0.3) is 0 Å². The molecule has 4 bridgehead atoms. The van der Waals surface area contributed by atoms with Gasteiger partial charge in [0.25, 0.3) is 0 Å². The monoisotopic (exact) mass is 317 g/mol. The highest BCUT2D eigenvalue weighted by Gasteiger charge is 2.60. The second-order valence-corrected chi connectivity index (χ2v) is 9.24. The van der Waals surface area contributed by atoms with Gasteiger partial charge in [-0.25, -0.2) is 0 Å². The molecule has 0 aromatic rings. The normalized spacial score (nSPS) is 41.1. The SMILES string of the molecule is C=C(C)C(=O)NC1(CCCCCC)C2CC3CC1CC(C)(C3)C2. The van der Waals surface area contributed by atoms with Gasteiger partial charge < -0.3 is 5.32 Å². The average molecular weight is 318 g/mol. The molecule has 0 aromatic heterocycles. The van der Waals surface area contributed by atoms with Gasteiger partial charge >= 0.3 is 0 Å². The van der Waals surface area contributed by atoms with E-state index in [0.717, 1.165) is 5.92 Å². The highest BCUT2D eigenvalue weighted by molar-refractivity contribution is 5.92. The topological polar surface area (TPSA) is 29.1 Å². The van der Waals surface area contributed by atoms with E-state index in [4.69, 9.17) is 0 Å². The first-order valence-electron chi connectivity index (χ1n) is 9.86. The quantitative estimate of drug-likeness (QED) is 0.505. The van der Waals surface area contributed by atoms with E-state index in [0.29, 0.717) is 22.8 Å². The number of rotatable bonds is 7. The predicted molar refractivity (Wildman–Crippen MR) is 96.1 cm³/mol. The Morgan fingerprint density at radius 2 is 1.78 bits per heavy atom. The van der Waals surface area contributed by atoms with Gasteiger partial charge in [-0.1, -0.05) is 46.1 Å². The maximum atomic E-state index is 12.5. The Bertz CT molecular complexity index is 464. The average Bonchev–Trinajstić information content (AvgIpc) is 2.46.